The van der Waals surface area contributed by atoms with Crippen molar-refractivity contribution < 1.29 is 19.0 Å². The molecule has 7 nitrogen and oxygen atoms in total. The van der Waals surface area contributed by atoms with Crippen LogP contribution in [0.5, 0.6) is 11.5 Å². The molecule has 5 rings (SSSR count). The fourth-order valence-corrected chi connectivity index (χ4v) is 4.09. The Kier molecular flexibility index (Phi) is 6.68. The van der Waals surface area contributed by atoms with E-state index in [9.17, 15) is 4.79 Å². The molecule has 1 saturated heterocycles. The van der Waals surface area contributed by atoms with Crippen LogP contribution in [0, 0.1) is 13.8 Å². The lowest BCUT2D eigenvalue weighted by atomic mass is 10.1. The minimum Gasteiger partial charge on any atom is -0.489 e. The van der Waals surface area contributed by atoms with Gasteiger partial charge in [0.25, 0.3) is 5.91 Å². The third-order valence-electron chi connectivity index (χ3n) is 5.99. The number of nitrogens with zero attached hydrogens (tertiary/aromatic N) is 2. The van der Waals surface area contributed by atoms with Gasteiger partial charge >= 0.3 is 0 Å². The number of rotatable bonds is 8. The van der Waals surface area contributed by atoms with Gasteiger partial charge in [-0.25, -0.2) is 4.98 Å². The molecule has 7 heteroatoms. The number of carbonyl (C=O) groups is 1. The van der Waals surface area contributed by atoms with E-state index in [1.165, 1.54) is 5.56 Å². The SMILES string of the molecule is Cc1ccc(NC(=O)c2ccc(OCc3cn4cc(C)ccc4n3)cc2)c(OCC2CCCO2)c1. The molecule has 1 fully saturated rings. The summed E-state index contributed by atoms with van der Waals surface area (Å²) in [6, 6.07) is 16.8. The molecular formula is C28H29N3O4. The highest BCUT2D eigenvalue weighted by molar-refractivity contribution is 6.05. The molecule has 0 aliphatic carbocycles. The summed E-state index contributed by atoms with van der Waals surface area (Å²) in [5.41, 5.74) is 5.13. The molecule has 4 aromatic rings. The first kappa shape index (κ1) is 22.9. The van der Waals surface area contributed by atoms with Gasteiger partial charge in [0.15, 0.2) is 0 Å². The van der Waals surface area contributed by atoms with Crippen molar-refractivity contribution in [3.8, 4) is 11.5 Å². The number of carbonyl (C=O) groups excluding carboxylic acids is 1. The Hall–Kier alpha value is -3.84. The molecule has 2 aromatic heterocycles. The number of fused-ring (bicyclic) bond motifs is 1. The zero-order valence-corrected chi connectivity index (χ0v) is 20.0. The molecule has 2 aromatic carbocycles. The van der Waals surface area contributed by atoms with Crippen molar-refractivity contribution in [2.75, 3.05) is 18.5 Å². The number of imidazole rings is 1. The molecular weight excluding hydrogens is 442 g/mol. The molecule has 0 spiro atoms. The highest BCUT2D eigenvalue weighted by Crippen LogP contribution is 2.28. The smallest absolute Gasteiger partial charge is 0.255 e. The van der Waals surface area contributed by atoms with E-state index in [0.717, 1.165) is 36.4 Å². The average Bonchev–Trinajstić information content (AvgIpc) is 3.52. The molecule has 0 radical (unpaired) electrons. The summed E-state index contributed by atoms with van der Waals surface area (Å²) < 4.78 is 19.5. The number of ether oxygens (including phenoxy) is 3. The van der Waals surface area contributed by atoms with Crippen LogP contribution in [-0.4, -0.2) is 34.6 Å². The van der Waals surface area contributed by atoms with Gasteiger partial charge in [-0.1, -0.05) is 12.1 Å². The Morgan fingerprint density at radius 3 is 2.69 bits per heavy atom. The topological polar surface area (TPSA) is 74.1 Å². The van der Waals surface area contributed by atoms with Crippen LogP contribution in [-0.2, 0) is 11.3 Å². The number of anilines is 1. The van der Waals surface area contributed by atoms with E-state index in [0.29, 0.717) is 36.0 Å². The summed E-state index contributed by atoms with van der Waals surface area (Å²) in [6.07, 6.45) is 6.16. The first-order valence-corrected chi connectivity index (χ1v) is 11.9. The number of hydrogen-bond donors (Lipinski definition) is 1. The summed E-state index contributed by atoms with van der Waals surface area (Å²) in [4.78, 5) is 17.5. The quantitative estimate of drug-likeness (QED) is 0.375. The van der Waals surface area contributed by atoms with Gasteiger partial charge in [-0.05, 0) is 80.3 Å². The van der Waals surface area contributed by atoms with Crippen molar-refractivity contribution in [2.45, 2.75) is 39.4 Å². The molecule has 1 N–H and O–H groups in total. The van der Waals surface area contributed by atoms with Crippen molar-refractivity contribution >= 4 is 17.2 Å². The third kappa shape index (κ3) is 5.63. The van der Waals surface area contributed by atoms with E-state index in [1.807, 2.05) is 61.0 Å². The molecule has 1 atom stereocenters. The normalized spacial score (nSPS) is 15.3. The molecule has 1 aliphatic heterocycles. The van der Waals surface area contributed by atoms with Gasteiger partial charge in [-0.2, -0.15) is 0 Å². The van der Waals surface area contributed by atoms with Crippen LogP contribution in [0.1, 0.15) is 40.0 Å². The Labute approximate surface area is 204 Å². The van der Waals surface area contributed by atoms with Crippen molar-refractivity contribution in [1.29, 1.82) is 0 Å². The maximum atomic E-state index is 12.9. The molecule has 0 bridgehead atoms. The second-order valence-corrected chi connectivity index (χ2v) is 8.92. The highest BCUT2D eigenvalue weighted by atomic mass is 16.5. The van der Waals surface area contributed by atoms with E-state index >= 15 is 0 Å². The molecule has 1 unspecified atom stereocenters. The molecule has 1 aliphatic rings. The lowest BCUT2D eigenvalue weighted by molar-refractivity contribution is 0.0681. The number of hydrogen-bond acceptors (Lipinski definition) is 5. The van der Waals surface area contributed by atoms with Gasteiger partial charge in [-0.3, -0.25) is 4.79 Å². The monoisotopic (exact) mass is 471 g/mol. The van der Waals surface area contributed by atoms with Gasteiger partial charge in [0.1, 0.15) is 30.4 Å². The van der Waals surface area contributed by atoms with Gasteiger partial charge in [0.2, 0.25) is 0 Å². The molecule has 0 saturated carbocycles. The number of benzene rings is 2. The fraction of sp³-hybridized carbons (Fsp3) is 0.286. The van der Waals surface area contributed by atoms with Crippen LogP contribution in [0.2, 0.25) is 0 Å². The summed E-state index contributed by atoms with van der Waals surface area (Å²) in [7, 11) is 0. The minimum atomic E-state index is -0.210. The van der Waals surface area contributed by atoms with Crippen LogP contribution in [0.15, 0.2) is 67.0 Å². The van der Waals surface area contributed by atoms with Gasteiger partial charge < -0.3 is 23.9 Å². The van der Waals surface area contributed by atoms with Crippen LogP contribution >= 0.6 is 0 Å². The molecule has 3 heterocycles. The van der Waals surface area contributed by atoms with Crippen LogP contribution in [0.3, 0.4) is 0 Å². The maximum Gasteiger partial charge on any atom is 0.255 e. The Morgan fingerprint density at radius 2 is 1.89 bits per heavy atom. The molecule has 180 valence electrons. The number of pyridine rings is 1. The third-order valence-corrected chi connectivity index (χ3v) is 5.99. The van der Waals surface area contributed by atoms with Gasteiger partial charge in [-0.15, -0.1) is 0 Å². The van der Waals surface area contributed by atoms with E-state index in [-0.39, 0.29) is 12.0 Å². The number of amides is 1. The lowest BCUT2D eigenvalue weighted by Gasteiger charge is -2.16. The van der Waals surface area contributed by atoms with Gasteiger partial charge in [0.05, 0.1) is 17.5 Å². The van der Waals surface area contributed by atoms with Crippen LogP contribution < -0.4 is 14.8 Å². The highest BCUT2D eigenvalue weighted by Gasteiger charge is 2.18. The zero-order valence-electron chi connectivity index (χ0n) is 20.0. The van der Waals surface area contributed by atoms with E-state index in [2.05, 4.69) is 10.3 Å². The number of aromatic nitrogens is 2. The minimum absolute atomic E-state index is 0.108. The Bertz CT molecular complexity index is 1320. The number of aryl methyl sites for hydroxylation is 2. The number of nitrogens with one attached hydrogen (secondary N) is 1. The Balaban J connectivity index is 1.20. The summed E-state index contributed by atoms with van der Waals surface area (Å²) in [6.45, 7) is 5.65. The van der Waals surface area contributed by atoms with Crippen LogP contribution in [0.4, 0.5) is 5.69 Å². The van der Waals surface area contributed by atoms with Crippen molar-refractivity contribution in [1.82, 2.24) is 9.38 Å². The molecule has 35 heavy (non-hydrogen) atoms. The lowest BCUT2D eigenvalue weighted by Crippen LogP contribution is -2.18. The molecule has 1 amide bonds. The van der Waals surface area contributed by atoms with Crippen molar-refractivity contribution in [3.05, 3.63) is 89.4 Å². The zero-order chi connectivity index (χ0) is 24.2. The second-order valence-electron chi connectivity index (χ2n) is 8.92. The van der Waals surface area contributed by atoms with Crippen molar-refractivity contribution in [2.24, 2.45) is 0 Å². The largest absolute Gasteiger partial charge is 0.489 e. The predicted molar refractivity (Wildman–Crippen MR) is 134 cm³/mol. The van der Waals surface area contributed by atoms with E-state index < -0.39 is 0 Å². The van der Waals surface area contributed by atoms with Gasteiger partial charge in [0, 0.05) is 24.6 Å². The Morgan fingerprint density at radius 1 is 1.06 bits per heavy atom. The first-order chi connectivity index (χ1) is 17.0. The maximum absolute atomic E-state index is 12.9. The van der Waals surface area contributed by atoms with E-state index in [1.54, 1.807) is 24.3 Å². The predicted octanol–water partition coefficient (Wildman–Crippen LogP) is 5.34. The second kappa shape index (κ2) is 10.2. The average molecular weight is 472 g/mol. The summed E-state index contributed by atoms with van der Waals surface area (Å²) in [5, 5.41) is 2.97. The van der Waals surface area contributed by atoms with Crippen molar-refractivity contribution in [3.63, 3.8) is 0 Å². The van der Waals surface area contributed by atoms with Crippen LogP contribution in [0.25, 0.3) is 5.65 Å². The standard InChI is InChI=1S/C28H29N3O4/c1-19-5-11-25(26(14-19)35-18-24-4-3-13-33-24)30-28(32)21-7-9-23(10-8-21)34-17-22-16-31-15-20(2)6-12-27(31)29-22/h5-12,14-16,24H,3-4,13,17-18H2,1-2H3,(H,30,32). The van der Waals surface area contributed by atoms with E-state index in [4.69, 9.17) is 14.2 Å². The summed E-state index contributed by atoms with van der Waals surface area (Å²) >= 11 is 0. The summed E-state index contributed by atoms with van der Waals surface area (Å²) in [5.74, 6) is 1.11. The first-order valence-electron chi connectivity index (χ1n) is 11.9. The fourth-order valence-electron chi connectivity index (χ4n) is 4.09.